The topological polar surface area (TPSA) is 51.8 Å². The van der Waals surface area contributed by atoms with E-state index in [0.717, 1.165) is 59.5 Å². The van der Waals surface area contributed by atoms with E-state index in [9.17, 15) is 0 Å². The molecule has 0 fully saturated rings. The van der Waals surface area contributed by atoms with Gasteiger partial charge in [0, 0.05) is 61.6 Å². The molecule has 1 radical (unpaired) electrons. The summed E-state index contributed by atoms with van der Waals surface area (Å²) in [4.78, 5) is 14.6. The van der Waals surface area contributed by atoms with Gasteiger partial charge < -0.3 is 14.4 Å². The predicted molar refractivity (Wildman–Crippen MR) is 184 cm³/mol. The fourth-order valence-electron chi connectivity index (χ4n) is 5.17. The summed E-state index contributed by atoms with van der Waals surface area (Å²) in [5, 5.41) is 2.85. The van der Waals surface area contributed by atoms with Crippen molar-refractivity contribution in [2.45, 2.75) is 61.8 Å². The van der Waals surface area contributed by atoms with Crippen LogP contribution in [-0.4, -0.2) is 15.0 Å². The number of aryl methyl sites for hydroxylation is 5. The fourth-order valence-corrected chi connectivity index (χ4v) is 6.28. The standard InChI is InChI=1S/C25H23N2OS.C14H14N.Ir/c1-14-9-10-18-16-7-6-8-19(22(16)28-24(18)27-14)21-23-17(11-12-26-21)20(15(2)29-23)13-25(3,4)5;1-10-4-6-13(7-5-10)14-8-11(2)12(3)9-15-14;/h6-7,9-12H,13H2,1-5H3;4-6,8-9H,1-3H3;/q2*-1;/i13D2;;. The van der Waals surface area contributed by atoms with Crippen molar-refractivity contribution in [2.75, 3.05) is 0 Å². The van der Waals surface area contributed by atoms with E-state index < -0.39 is 11.8 Å². The number of thiophene rings is 1. The summed E-state index contributed by atoms with van der Waals surface area (Å²) in [6, 6.07) is 24.6. The third-order valence-electron chi connectivity index (χ3n) is 7.57. The maximum absolute atomic E-state index is 8.88. The van der Waals surface area contributed by atoms with E-state index in [1.807, 2.05) is 77.2 Å². The summed E-state index contributed by atoms with van der Waals surface area (Å²) in [7, 11) is 0. The van der Waals surface area contributed by atoms with E-state index in [4.69, 9.17) is 7.16 Å². The Morgan fingerprint density at radius 3 is 2.40 bits per heavy atom. The molecule has 0 atom stereocenters. The molecule has 2 aromatic carbocycles. The number of benzene rings is 2. The first-order chi connectivity index (χ1) is 21.8. The van der Waals surface area contributed by atoms with Gasteiger partial charge in [-0.2, -0.15) is 0 Å². The fraction of sp³-hybridized carbons (Fsp3) is 0.256. The van der Waals surface area contributed by atoms with Crippen molar-refractivity contribution in [3.63, 3.8) is 0 Å². The molecule has 231 valence electrons. The number of hydrogen-bond acceptors (Lipinski definition) is 5. The van der Waals surface area contributed by atoms with Gasteiger partial charge in [-0.1, -0.05) is 50.3 Å². The summed E-state index contributed by atoms with van der Waals surface area (Å²) >= 11 is 1.58. The van der Waals surface area contributed by atoms with E-state index in [-0.39, 0.29) is 20.1 Å². The van der Waals surface area contributed by atoms with Crippen LogP contribution in [0.25, 0.3) is 54.7 Å². The van der Waals surface area contributed by atoms with Crippen LogP contribution in [-0.2, 0) is 26.5 Å². The van der Waals surface area contributed by atoms with Gasteiger partial charge in [-0.25, -0.2) is 4.98 Å². The third-order valence-corrected chi connectivity index (χ3v) is 8.70. The minimum Gasteiger partial charge on any atom is -0.486 e. The molecule has 0 bridgehead atoms. The smallest absolute Gasteiger partial charge is 0.216 e. The normalized spacial score (nSPS) is 12.4. The van der Waals surface area contributed by atoms with Crippen LogP contribution >= 0.6 is 11.3 Å². The molecule has 7 aromatic rings. The number of hydrogen-bond donors (Lipinski definition) is 0. The van der Waals surface area contributed by atoms with Gasteiger partial charge in [0.1, 0.15) is 0 Å². The van der Waals surface area contributed by atoms with Crippen LogP contribution in [0.3, 0.4) is 0 Å². The summed E-state index contributed by atoms with van der Waals surface area (Å²) in [5.41, 5.74) is 9.76. The number of furan rings is 1. The summed E-state index contributed by atoms with van der Waals surface area (Å²) in [5.74, 6) is 0. The molecule has 0 spiro atoms. The van der Waals surface area contributed by atoms with Crippen molar-refractivity contribution >= 4 is 43.5 Å². The van der Waals surface area contributed by atoms with E-state index in [1.165, 1.54) is 16.7 Å². The summed E-state index contributed by atoms with van der Waals surface area (Å²) in [6.07, 6.45) is 2.19. The first-order valence-electron chi connectivity index (χ1n) is 15.8. The molecule has 0 aliphatic carbocycles. The Kier molecular flexibility index (Phi) is 8.63. The molecule has 0 aliphatic rings. The van der Waals surface area contributed by atoms with Crippen molar-refractivity contribution in [2.24, 2.45) is 5.41 Å². The summed E-state index contributed by atoms with van der Waals surface area (Å²) in [6.45, 7) is 16.0. The van der Waals surface area contributed by atoms with Crippen molar-refractivity contribution in [3.05, 3.63) is 112 Å². The first kappa shape index (κ1) is 30.0. The Labute approximate surface area is 286 Å². The van der Waals surface area contributed by atoms with Gasteiger partial charge in [-0.05, 0) is 79.9 Å². The zero-order chi connectivity index (χ0) is 33.0. The number of rotatable bonds is 3. The van der Waals surface area contributed by atoms with Gasteiger partial charge in [0.15, 0.2) is 0 Å². The molecule has 5 heterocycles. The molecule has 5 aromatic heterocycles. The Morgan fingerprint density at radius 2 is 1.69 bits per heavy atom. The maximum Gasteiger partial charge on any atom is 0.216 e. The molecule has 6 heteroatoms. The van der Waals surface area contributed by atoms with Crippen LogP contribution in [0.1, 0.15) is 56.3 Å². The average molecular weight is 790 g/mol. The second-order valence-corrected chi connectivity index (χ2v) is 13.6. The quantitative estimate of drug-likeness (QED) is 0.167. The molecule has 45 heavy (non-hydrogen) atoms. The third kappa shape index (κ3) is 6.79. The van der Waals surface area contributed by atoms with E-state index in [1.54, 1.807) is 17.5 Å². The van der Waals surface area contributed by atoms with Crippen molar-refractivity contribution in [3.8, 4) is 22.5 Å². The van der Waals surface area contributed by atoms with Gasteiger partial charge >= 0.3 is 0 Å². The van der Waals surface area contributed by atoms with Crippen LogP contribution in [0.4, 0.5) is 0 Å². The molecule has 7 rings (SSSR count). The monoisotopic (exact) mass is 790 g/mol. The summed E-state index contributed by atoms with van der Waals surface area (Å²) < 4.78 is 24.9. The molecule has 0 aliphatic heterocycles. The Bertz CT molecular complexity index is 2230. The van der Waals surface area contributed by atoms with Gasteiger partial charge in [-0.3, -0.25) is 0 Å². The van der Waals surface area contributed by atoms with Crippen molar-refractivity contribution in [1.82, 2.24) is 15.0 Å². The minimum atomic E-state index is -1.48. The van der Waals surface area contributed by atoms with Crippen LogP contribution in [0.5, 0.6) is 0 Å². The predicted octanol–water partition coefficient (Wildman–Crippen LogP) is 10.7. The number of nitrogens with zero attached hydrogens (tertiary/aromatic N) is 3. The Balaban J connectivity index is 0.000000228. The van der Waals surface area contributed by atoms with Crippen LogP contribution < -0.4 is 0 Å². The zero-order valence-electron chi connectivity index (χ0n) is 28.8. The maximum atomic E-state index is 8.88. The van der Waals surface area contributed by atoms with Crippen LogP contribution in [0, 0.1) is 52.2 Å². The molecule has 0 N–H and O–H groups in total. The molecule has 0 saturated heterocycles. The van der Waals surface area contributed by atoms with Gasteiger partial charge in [0.05, 0.1) is 5.58 Å². The van der Waals surface area contributed by atoms with Crippen LogP contribution in [0.2, 0.25) is 0 Å². The molecular weight excluding hydrogens is 751 g/mol. The van der Waals surface area contributed by atoms with E-state index in [2.05, 4.69) is 66.1 Å². The molecule has 4 nitrogen and oxygen atoms in total. The van der Waals surface area contributed by atoms with E-state index in [0.29, 0.717) is 11.3 Å². The SMILES string of the molecule is Cc1c[c-]c(-c2cc(C)c(C)cn2)cc1.[2H]C([2H])(c1c(C)sc2c(-c3[c-]ccc4c3oc3nc(C)ccc34)nccc12)C(C)(C)C.[Ir]. The second kappa shape index (κ2) is 13.0. The van der Waals surface area contributed by atoms with Gasteiger partial charge in [0.2, 0.25) is 5.71 Å². The Hall–Kier alpha value is -3.70. The molecular formula is C39H37IrN3OS-2. The number of aromatic nitrogens is 3. The first-order valence-corrected chi connectivity index (χ1v) is 15.6. The Morgan fingerprint density at radius 1 is 0.889 bits per heavy atom. The van der Waals surface area contributed by atoms with Gasteiger partial charge in [0.25, 0.3) is 0 Å². The van der Waals surface area contributed by atoms with E-state index >= 15 is 0 Å². The van der Waals surface area contributed by atoms with Crippen LogP contribution in [0.15, 0.2) is 71.4 Å². The zero-order valence-corrected chi connectivity index (χ0v) is 30.1. The second-order valence-electron chi connectivity index (χ2n) is 12.4. The average Bonchev–Trinajstić information content (AvgIpc) is 3.55. The number of fused-ring (bicyclic) bond motifs is 4. The van der Waals surface area contributed by atoms with Crippen molar-refractivity contribution < 1.29 is 27.3 Å². The van der Waals surface area contributed by atoms with Gasteiger partial charge in [-0.15, -0.1) is 64.9 Å². The van der Waals surface area contributed by atoms with Crippen molar-refractivity contribution in [1.29, 1.82) is 0 Å². The molecule has 0 saturated carbocycles. The minimum absolute atomic E-state index is 0. The molecule has 0 unspecified atom stereocenters. The largest absolute Gasteiger partial charge is 0.486 e. The number of pyridine rings is 3. The molecule has 0 amide bonds.